The van der Waals surface area contributed by atoms with E-state index in [4.69, 9.17) is 0 Å². The molecule has 2 aliphatic rings. The molecule has 0 amide bonds. The second kappa shape index (κ2) is 4.40. The van der Waals surface area contributed by atoms with Crippen molar-refractivity contribution < 1.29 is 17.0 Å². The zero-order valence-corrected chi connectivity index (χ0v) is 9.63. The Balaban J connectivity index is 0.000000853. The molecule has 2 nitrogen and oxygen atoms in total. The first-order chi connectivity index (χ1) is 6.92. The van der Waals surface area contributed by atoms with Gasteiger partial charge < -0.3 is 17.7 Å². The zero-order valence-electron chi connectivity index (χ0n) is 8.88. The van der Waals surface area contributed by atoms with Crippen LogP contribution in [0.5, 0.6) is 0 Å². The van der Waals surface area contributed by atoms with Gasteiger partial charge in [-0.1, -0.05) is 0 Å². The van der Waals surface area contributed by atoms with Gasteiger partial charge in [-0.3, -0.25) is 0 Å². The number of aromatic nitrogens is 1. The van der Waals surface area contributed by atoms with Crippen molar-refractivity contribution in [1.29, 1.82) is 0 Å². The Morgan fingerprint density at radius 1 is 1.40 bits per heavy atom. The number of nitrogens with one attached hydrogen (secondary N) is 1. The molecule has 15 heavy (non-hydrogen) atoms. The molecular formula is C12H17ClN2. The average molecular weight is 225 g/mol. The SMILES string of the molecule is [Cl-].c1c[n+](CC2CC2)cc2c1NCCC2. The minimum absolute atomic E-state index is 0. The maximum Gasteiger partial charge on any atom is 0.174 e. The molecule has 1 saturated carbocycles. The number of hydrogen-bond acceptors (Lipinski definition) is 1. The van der Waals surface area contributed by atoms with Crippen LogP contribution in [0.3, 0.4) is 0 Å². The highest BCUT2D eigenvalue weighted by atomic mass is 35.5. The molecule has 0 atom stereocenters. The molecule has 0 unspecified atom stereocenters. The Morgan fingerprint density at radius 2 is 2.27 bits per heavy atom. The van der Waals surface area contributed by atoms with E-state index in [1.165, 1.54) is 43.5 Å². The van der Waals surface area contributed by atoms with Crippen LogP contribution in [0.25, 0.3) is 0 Å². The van der Waals surface area contributed by atoms with Crippen molar-refractivity contribution in [1.82, 2.24) is 0 Å². The van der Waals surface area contributed by atoms with E-state index >= 15 is 0 Å². The average Bonchev–Trinajstić information content (AvgIpc) is 3.02. The predicted octanol–water partition coefficient (Wildman–Crippen LogP) is -1.25. The third-order valence-corrected chi connectivity index (χ3v) is 3.20. The van der Waals surface area contributed by atoms with Crippen molar-refractivity contribution in [2.24, 2.45) is 5.92 Å². The van der Waals surface area contributed by atoms with E-state index in [0.717, 1.165) is 12.5 Å². The summed E-state index contributed by atoms with van der Waals surface area (Å²) in [6.45, 7) is 2.37. The largest absolute Gasteiger partial charge is 1.00 e. The maximum atomic E-state index is 3.45. The second-order valence-electron chi connectivity index (χ2n) is 4.55. The number of anilines is 1. The van der Waals surface area contributed by atoms with Gasteiger partial charge in [0.25, 0.3) is 0 Å². The lowest BCUT2D eigenvalue weighted by Gasteiger charge is -2.15. The molecule has 1 aromatic rings. The van der Waals surface area contributed by atoms with Gasteiger partial charge in [-0.25, -0.2) is 4.57 Å². The highest BCUT2D eigenvalue weighted by Crippen LogP contribution is 2.29. The van der Waals surface area contributed by atoms with E-state index in [1.807, 2.05) is 0 Å². The monoisotopic (exact) mass is 224 g/mol. The van der Waals surface area contributed by atoms with E-state index in [2.05, 4.69) is 28.3 Å². The summed E-state index contributed by atoms with van der Waals surface area (Å²) >= 11 is 0. The summed E-state index contributed by atoms with van der Waals surface area (Å²) in [5, 5.41) is 3.45. The lowest BCUT2D eigenvalue weighted by molar-refractivity contribution is -0.700. The number of rotatable bonds is 2. The fraction of sp³-hybridized carbons (Fsp3) is 0.583. The van der Waals surface area contributed by atoms with Gasteiger partial charge in [-0.05, 0) is 25.7 Å². The molecule has 0 saturated heterocycles. The standard InChI is InChI=1S/C12H16N2.ClH/c1-2-11-9-14(8-10-3-4-10)7-5-12(11)13-6-1;/h5,7,9-10H,1-4,6,8H2;1H. The Hall–Kier alpha value is -0.760. The van der Waals surface area contributed by atoms with Gasteiger partial charge in [0, 0.05) is 29.8 Å². The van der Waals surface area contributed by atoms with Crippen molar-refractivity contribution in [3.8, 4) is 0 Å². The third-order valence-electron chi connectivity index (χ3n) is 3.20. The molecular weight excluding hydrogens is 208 g/mol. The smallest absolute Gasteiger partial charge is 0.174 e. The van der Waals surface area contributed by atoms with Gasteiger partial charge in [0.1, 0.15) is 0 Å². The van der Waals surface area contributed by atoms with Crippen LogP contribution in [0.2, 0.25) is 0 Å². The van der Waals surface area contributed by atoms with Crippen LogP contribution in [0.1, 0.15) is 24.8 Å². The van der Waals surface area contributed by atoms with Crippen LogP contribution in [-0.4, -0.2) is 6.54 Å². The highest BCUT2D eigenvalue weighted by Gasteiger charge is 2.26. The van der Waals surface area contributed by atoms with Crippen molar-refractivity contribution in [2.45, 2.75) is 32.2 Å². The fourth-order valence-electron chi connectivity index (χ4n) is 2.18. The Bertz CT molecular complexity index is 347. The van der Waals surface area contributed by atoms with Crippen molar-refractivity contribution in [3.63, 3.8) is 0 Å². The summed E-state index contributed by atoms with van der Waals surface area (Å²) in [6.07, 6.45) is 9.94. The summed E-state index contributed by atoms with van der Waals surface area (Å²) in [6, 6.07) is 2.23. The molecule has 1 fully saturated rings. The molecule has 82 valence electrons. The molecule has 3 heteroatoms. The topological polar surface area (TPSA) is 15.9 Å². The number of aryl methyl sites for hydroxylation is 1. The van der Waals surface area contributed by atoms with Crippen LogP contribution in [-0.2, 0) is 13.0 Å². The normalized spacial score (nSPS) is 18.7. The predicted molar refractivity (Wildman–Crippen MR) is 56.2 cm³/mol. The van der Waals surface area contributed by atoms with E-state index in [9.17, 15) is 0 Å². The highest BCUT2D eigenvalue weighted by molar-refractivity contribution is 5.50. The lowest BCUT2D eigenvalue weighted by atomic mass is 10.1. The van der Waals surface area contributed by atoms with E-state index < -0.39 is 0 Å². The summed E-state index contributed by atoms with van der Waals surface area (Å²) in [5.41, 5.74) is 2.85. The molecule has 1 N–H and O–H groups in total. The van der Waals surface area contributed by atoms with Crippen LogP contribution < -0.4 is 22.3 Å². The van der Waals surface area contributed by atoms with Gasteiger partial charge in [-0.2, -0.15) is 0 Å². The quantitative estimate of drug-likeness (QED) is 0.621. The summed E-state index contributed by atoms with van der Waals surface area (Å²) in [7, 11) is 0. The molecule has 1 aromatic heterocycles. The van der Waals surface area contributed by atoms with Gasteiger partial charge in [0.05, 0.1) is 0 Å². The van der Waals surface area contributed by atoms with E-state index in [-0.39, 0.29) is 12.4 Å². The van der Waals surface area contributed by atoms with Crippen LogP contribution in [0.15, 0.2) is 18.5 Å². The molecule has 2 heterocycles. The number of hydrogen-bond donors (Lipinski definition) is 1. The van der Waals surface area contributed by atoms with Gasteiger partial charge in [-0.15, -0.1) is 0 Å². The van der Waals surface area contributed by atoms with Gasteiger partial charge in [0.2, 0.25) is 0 Å². The minimum atomic E-state index is 0. The van der Waals surface area contributed by atoms with E-state index in [1.54, 1.807) is 0 Å². The number of fused-ring (bicyclic) bond motifs is 1. The Kier molecular flexibility index (Phi) is 3.15. The van der Waals surface area contributed by atoms with Crippen molar-refractivity contribution >= 4 is 5.69 Å². The van der Waals surface area contributed by atoms with E-state index in [0.29, 0.717) is 0 Å². The third kappa shape index (κ3) is 2.43. The van der Waals surface area contributed by atoms with Crippen LogP contribution in [0.4, 0.5) is 5.69 Å². The summed E-state index contributed by atoms with van der Waals surface area (Å²) < 4.78 is 2.36. The molecule has 0 aromatic carbocycles. The molecule has 0 bridgehead atoms. The molecule has 1 aliphatic heterocycles. The Labute approximate surface area is 97.1 Å². The molecule has 1 aliphatic carbocycles. The first-order valence-electron chi connectivity index (χ1n) is 5.68. The Morgan fingerprint density at radius 3 is 3.07 bits per heavy atom. The van der Waals surface area contributed by atoms with Crippen LogP contribution >= 0.6 is 0 Å². The van der Waals surface area contributed by atoms with Gasteiger partial charge >= 0.3 is 0 Å². The maximum absolute atomic E-state index is 3.45. The summed E-state index contributed by atoms with van der Waals surface area (Å²) in [4.78, 5) is 0. The number of halogens is 1. The summed E-state index contributed by atoms with van der Waals surface area (Å²) in [5.74, 6) is 0.967. The first kappa shape index (κ1) is 10.7. The van der Waals surface area contributed by atoms with Crippen molar-refractivity contribution in [3.05, 3.63) is 24.0 Å². The number of pyridine rings is 1. The van der Waals surface area contributed by atoms with Crippen LogP contribution in [0, 0.1) is 5.92 Å². The first-order valence-corrected chi connectivity index (χ1v) is 5.68. The molecule has 0 spiro atoms. The van der Waals surface area contributed by atoms with Gasteiger partial charge in [0.15, 0.2) is 18.9 Å². The molecule has 0 radical (unpaired) electrons. The minimum Gasteiger partial charge on any atom is -1.00 e. The zero-order chi connectivity index (χ0) is 9.38. The molecule has 3 rings (SSSR count). The second-order valence-corrected chi connectivity index (χ2v) is 4.55. The lowest BCUT2D eigenvalue weighted by Crippen LogP contribution is -3.00. The fourth-order valence-corrected chi connectivity index (χ4v) is 2.18. The number of nitrogens with zero attached hydrogens (tertiary/aromatic N) is 1. The van der Waals surface area contributed by atoms with Crippen molar-refractivity contribution in [2.75, 3.05) is 11.9 Å².